The van der Waals surface area contributed by atoms with Crippen molar-refractivity contribution in [3.63, 3.8) is 0 Å². The smallest absolute Gasteiger partial charge is 0.0368 e. The van der Waals surface area contributed by atoms with Crippen molar-refractivity contribution in [2.24, 2.45) is 5.92 Å². The molecule has 0 aromatic heterocycles. The number of thiol groups is 1. The number of nitrogens with zero attached hydrogens (tertiary/aromatic N) is 2. The lowest BCUT2D eigenvalue weighted by molar-refractivity contribution is 0.231. The highest BCUT2D eigenvalue weighted by Gasteiger charge is 2.17. The minimum atomic E-state index is 0.763. The predicted octanol–water partition coefficient (Wildman–Crippen LogP) is 2.81. The maximum Gasteiger partial charge on any atom is 0.0368 e. The summed E-state index contributed by atoms with van der Waals surface area (Å²) < 4.78 is 0. The van der Waals surface area contributed by atoms with Crippen LogP contribution in [0.2, 0.25) is 0 Å². The first-order valence-corrected chi connectivity index (χ1v) is 8.24. The number of benzene rings is 1. The zero-order chi connectivity index (χ0) is 14.4. The summed E-state index contributed by atoms with van der Waals surface area (Å²) in [4.78, 5) is 5.06. The van der Waals surface area contributed by atoms with Gasteiger partial charge in [0.1, 0.15) is 0 Å². The van der Waals surface area contributed by atoms with E-state index in [1.165, 1.54) is 31.0 Å². The third-order valence-corrected chi connectivity index (χ3v) is 3.89. The third-order valence-electron chi connectivity index (χ3n) is 3.67. The summed E-state index contributed by atoms with van der Waals surface area (Å²) in [6, 6.07) is 8.77. The van der Waals surface area contributed by atoms with Gasteiger partial charge < -0.3 is 10.2 Å². The van der Waals surface area contributed by atoms with E-state index in [0.717, 1.165) is 31.3 Å². The van der Waals surface area contributed by atoms with Crippen LogP contribution in [0.4, 0.5) is 11.4 Å². The van der Waals surface area contributed by atoms with Crippen LogP contribution in [-0.4, -0.2) is 49.9 Å². The van der Waals surface area contributed by atoms with Crippen LogP contribution in [0, 0.1) is 5.92 Å². The van der Waals surface area contributed by atoms with Crippen LogP contribution in [0.5, 0.6) is 0 Å². The Kier molecular flexibility index (Phi) is 6.05. The second-order valence-corrected chi connectivity index (χ2v) is 6.33. The highest BCUT2D eigenvalue weighted by molar-refractivity contribution is 7.80. The molecule has 20 heavy (non-hydrogen) atoms. The summed E-state index contributed by atoms with van der Waals surface area (Å²) in [5.41, 5.74) is 2.52. The van der Waals surface area contributed by atoms with Crippen molar-refractivity contribution in [1.82, 2.24) is 4.90 Å². The first-order valence-electron chi connectivity index (χ1n) is 7.61. The molecule has 0 amide bonds. The zero-order valence-corrected chi connectivity index (χ0v) is 13.6. The van der Waals surface area contributed by atoms with Gasteiger partial charge in [-0.15, -0.1) is 0 Å². The Morgan fingerprint density at radius 3 is 2.30 bits per heavy atom. The van der Waals surface area contributed by atoms with Crippen LogP contribution in [0.1, 0.15) is 13.8 Å². The number of anilines is 2. The van der Waals surface area contributed by atoms with E-state index in [1.807, 2.05) is 0 Å². The standard InChI is InChI=1S/C16H27N3S/c1-14(2)13-18-8-10-19(11-9-18)16-5-3-15(4-6-16)17-7-12-20/h3-6,14,17,20H,7-13H2,1-2H3. The van der Waals surface area contributed by atoms with Crippen LogP contribution in [-0.2, 0) is 0 Å². The second kappa shape index (κ2) is 7.79. The fraction of sp³-hybridized carbons (Fsp3) is 0.625. The van der Waals surface area contributed by atoms with Gasteiger partial charge in [-0.05, 0) is 30.2 Å². The monoisotopic (exact) mass is 293 g/mol. The molecular weight excluding hydrogens is 266 g/mol. The van der Waals surface area contributed by atoms with Crippen molar-refractivity contribution in [2.75, 3.05) is 55.2 Å². The number of hydrogen-bond acceptors (Lipinski definition) is 4. The third kappa shape index (κ3) is 4.60. The Morgan fingerprint density at radius 1 is 1.10 bits per heavy atom. The molecule has 1 fully saturated rings. The molecule has 0 bridgehead atoms. The topological polar surface area (TPSA) is 18.5 Å². The fourth-order valence-electron chi connectivity index (χ4n) is 2.70. The highest BCUT2D eigenvalue weighted by Crippen LogP contribution is 2.19. The van der Waals surface area contributed by atoms with E-state index < -0.39 is 0 Å². The Hall–Kier alpha value is -0.870. The predicted molar refractivity (Wildman–Crippen MR) is 92.3 cm³/mol. The number of nitrogens with one attached hydrogen (secondary N) is 1. The van der Waals surface area contributed by atoms with E-state index in [4.69, 9.17) is 0 Å². The van der Waals surface area contributed by atoms with Crippen LogP contribution >= 0.6 is 12.6 Å². The van der Waals surface area contributed by atoms with Gasteiger partial charge in [-0.1, -0.05) is 13.8 Å². The molecule has 0 spiro atoms. The molecule has 3 nitrogen and oxygen atoms in total. The Labute approximate surface area is 128 Å². The molecule has 0 unspecified atom stereocenters. The average Bonchev–Trinajstić information content (AvgIpc) is 2.46. The first-order chi connectivity index (χ1) is 9.69. The van der Waals surface area contributed by atoms with Gasteiger partial charge in [-0.2, -0.15) is 12.6 Å². The van der Waals surface area contributed by atoms with Crippen molar-refractivity contribution >= 4 is 24.0 Å². The molecule has 1 aliphatic rings. The lowest BCUT2D eigenvalue weighted by atomic mass is 10.2. The minimum Gasteiger partial charge on any atom is -0.384 e. The van der Waals surface area contributed by atoms with E-state index in [9.17, 15) is 0 Å². The minimum absolute atomic E-state index is 0.763. The molecule has 2 rings (SSSR count). The van der Waals surface area contributed by atoms with Gasteiger partial charge in [0, 0.05) is 56.4 Å². The van der Waals surface area contributed by atoms with Crippen LogP contribution < -0.4 is 10.2 Å². The average molecular weight is 293 g/mol. The fourth-order valence-corrected chi connectivity index (χ4v) is 2.81. The molecular formula is C16H27N3S. The highest BCUT2D eigenvalue weighted by atomic mass is 32.1. The molecule has 0 radical (unpaired) electrons. The normalized spacial score (nSPS) is 16.7. The molecule has 1 saturated heterocycles. The lowest BCUT2D eigenvalue weighted by Gasteiger charge is -2.36. The molecule has 4 heteroatoms. The van der Waals surface area contributed by atoms with E-state index in [1.54, 1.807) is 0 Å². The van der Waals surface area contributed by atoms with Gasteiger partial charge in [0.25, 0.3) is 0 Å². The van der Waals surface area contributed by atoms with Gasteiger partial charge in [-0.25, -0.2) is 0 Å². The molecule has 0 atom stereocenters. The first kappa shape index (κ1) is 15.5. The maximum atomic E-state index is 4.21. The summed E-state index contributed by atoms with van der Waals surface area (Å²) in [7, 11) is 0. The number of piperazine rings is 1. The van der Waals surface area contributed by atoms with Gasteiger partial charge in [0.05, 0.1) is 0 Å². The van der Waals surface area contributed by atoms with Gasteiger partial charge in [-0.3, -0.25) is 4.90 Å². The molecule has 1 heterocycles. The van der Waals surface area contributed by atoms with Crippen LogP contribution in [0.25, 0.3) is 0 Å². The van der Waals surface area contributed by atoms with Crippen LogP contribution in [0.3, 0.4) is 0 Å². The van der Waals surface area contributed by atoms with E-state index in [-0.39, 0.29) is 0 Å². The molecule has 1 aromatic carbocycles. The summed E-state index contributed by atoms with van der Waals surface area (Å²) in [6.07, 6.45) is 0. The van der Waals surface area contributed by atoms with Crippen molar-refractivity contribution in [1.29, 1.82) is 0 Å². The Balaban J connectivity index is 1.84. The number of rotatable bonds is 6. The van der Waals surface area contributed by atoms with Crippen molar-refractivity contribution in [3.05, 3.63) is 24.3 Å². The van der Waals surface area contributed by atoms with Crippen molar-refractivity contribution in [2.45, 2.75) is 13.8 Å². The quantitative estimate of drug-likeness (QED) is 0.786. The molecule has 1 aromatic rings. The SMILES string of the molecule is CC(C)CN1CCN(c2ccc(NCCS)cc2)CC1. The Bertz CT molecular complexity index is 383. The zero-order valence-electron chi connectivity index (χ0n) is 12.7. The summed E-state index contributed by atoms with van der Waals surface area (Å²) in [5, 5.41) is 3.35. The largest absolute Gasteiger partial charge is 0.384 e. The lowest BCUT2D eigenvalue weighted by Crippen LogP contribution is -2.47. The molecule has 1 aliphatic heterocycles. The molecule has 112 valence electrons. The summed E-state index contributed by atoms with van der Waals surface area (Å²) >= 11 is 4.21. The van der Waals surface area contributed by atoms with Gasteiger partial charge in [0.2, 0.25) is 0 Å². The second-order valence-electron chi connectivity index (χ2n) is 5.88. The van der Waals surface area contributed by atoms with E-state index in [0.29, 0.717) is 0 Å². The summed E-state index contributed by atoms with van der Waals surface area (Å²) in [6.45, 7) is 11.4. The van der Waals surface area contributed by atoms with Crippen molar-refractivity contribution in [3.8, 4) is 0 Å². The van der Waals surface area contributed by atoms with Crippen molar-refractivity contribution < 1.29 is 0 Å². The van der Waals surface area contributed by atoms with E-state index >= 15 is 0 Å². The van der Waals surface area contributed by atoms with Crippen LogP contribution in [0.15, 0.2) is 24.3 Å². The number of hydrogen-bond donors (Lipinski definition) is 2. The summed E-state index contributed by atoms with van der Waals surface area (Å²) in [5.74, 6) is 1.62. The Morgan fingerprint density at radius 2 is 1.75 bits per heavy atom. The maximum absolute atomic E-state index is 4.21. The van der Waals surface area contributed by atoms with Gasteiger partial charge >= 0.3 is 0 Å². The van der Waals surface area contributed by atoms with Gasteiger partial charge in [0.15, 0.2) is 0 Å². The molecule has 0 aliphatic carbocycles. The van der Waals surface area contributed by atoms with E-state index in [2.05, 4.69) is 65.9 Å². The molecule has 0 saturated carbocycles. The molecule has 1 N–H and O–H groups in total.